The number of nitrogens with one attached hydrogen (secondary N) is 2. The number of rotatable bonds is 7. The highest BCUT2D eigenvalue weighted by Crippen LogP contribution is 2.15. The number of aliphatic imine (C=N–C) groups is 1. The average molecular weight is 318 g/mol. The van der Waals surface area contributed by atoms with Crippen molar-refractivity contribution in [1.82, 2.24) is 25.6 Å². The molecule has 2 aromatic rings. The summed E-state index contributed by atoms with van der Waals surface area (Å²) in [5, 5.41) is 14.9. The van der Waals surface area contributed by atoms with Crippen molar-refractivity contribution >= 4 is 5.96 Å². The first-order chi connectivity index (χ1) is 11.2. The molecule has 2 rings (SSSR count). The summed E-state index contributed by atoms with van der Waals surface area (Å²) in [6, 6.07) is 0. The lowest BCUT2D eigenvalue weighted by molar-refractivity contribution is 0.380. The van der Waals surface area contributed by atoms with Crippen molar-refractivity contribution in [3.05, 3.63) is 35.0 Å². The third-order valence-corrected chi connectivity index (χ3v) is 3.73. The number of hydrogen-bond donors (Lipinski definition) is 2. The van der Waals surface area contributed by atoms with Crippen LogP contribution in [0, 0.1) is 0 Å². The van der Waals surface area contributed by atoms with Crippen molar-refractivity contribution in [2.45, 2.75) is 39.7 Å². The molecular formula is C16H26N6O. The Hall–Kier alpha value is -2.31. The molecule has 0 saturated carbocycles. The van der Waals surface area contributed by atoms with Crippen LogP contribution in [0.3, 0.4) is 0 Å². The van der Waals surface area contributed by atoms with Crippen LogP contribution in [0.25, 0.3) is 0 Å². The number of hydrogen-bond acceptors (Lipinski definition) is 4. The maximum atomic E-state index is 5.38. The summed E-state index contributed by atoms with van der Waals surface area (Å²) in [5.41, 5.74) is 3.36. The predicted octanol–water partition coefficient (Wildman–Crippen LogP) is 1.44. The SMILES string of the molecule is CCc1noc(CC)c1CNC(=NC)NCCc1cnn(C)c1. The van der Waals surface area contributed by atoms with Gasteiger partial charge < -0.3 is 15.2 Å². The van der Waals surface area contributed by atoms with E-state index < -0.39 is 0 Å². The molecule has 7 nitrogen and oxygen atoms in total. The molecule has 7 heteroatoms. The summed E-state index contributed by atoms with van der Waals surface area (Å²) in [6.07, 6.45) is 6.53. The maximum Gasteiger partial charge on any atom is 0.191 e. The van der Waals surface area contributed by atoms with Gasteiger partial charge in [-0.15, -0.1) is 0 Å². The van der Waals surface area contributed by atoms with Crippen LogP contribution in [0.1, 0.15) is 36.4 Å². The lowest BCUT2D eigenvalue weighted by Gasteiger charge is -2.11. The molecule has 0 aromatic carbocycles. The Balaban J connectivity index is 1.84. The Labute approximate surface area is 137 Å². The first-order valence-electron chi connectivity index (χ1n) is 8.06. The standard InChI is InChI=1S/C16H26N6O/c1-5-14-13(15(6-2)23-21-14)10-19-16(17-3)18-8-7-12-9-20-22(4)11-12/h9,11H,5-8,10H2,1-4H3,(H2,17,18,19). The fraction of sp³-hybridized carbons (Fsp3) is 0.562. The Kier molecular flexibility index (Phi) is 6.19. The fourth-order valence-corrected chi connectivity index (χ4v) is 2.46. The van der Waals surface area contributed by atoms with Gasteiger partial charge in [0.25, 0.3) is 0 Å². The lowest BCUT2D eigenvalue weighted by atomic mass is 10.1. The summed E-state index contributed by atoms with van der Waals surface area (Å²) >= 11 is 0. The van der Waals surface area contributed by atoms with Crippen LogP contribution in [0.4, 0.5) is 0 Å². The number of aromatic nitrogens is 3. The number of guanidine groups is 1. The van der Waals surface area contributed by atoms with E-state index in [0.29, 0.717) is 6.54 Å². The minimum Gasteiger partial charge on any atom is -0.361 e. The minimum atomic E-state index is 0.669. The summed E-state index contributed by atoms with van der Waals surface area (Å²) in [7, 11) is 3.70. The Morgan fingerprint density at radius 1 is 1.30 bits per heavy atom. The zero-order valence-electron chi connectivity index (χ0n) is 14.4. The van der Waals surface area contributed by atoms with E-state index >= 15 is 0 Å². The summed E-state index contributed by atoms with van der Waals surface area (Å²) < 4.78 is 7.20. The molecule has 0 atom stereocenters. The largest absolute Gasteiger partial charge is 0.361 e. The molecule has 2 aromatic heterocycles. The zero-order chi connectivity index (χ0) is 16.7. The molecule has 23 heavy (non-hydrogen) atoms. The molecule has 0 aliphatic rings. The number of aryl methyl sites for hydroxylation is 3. The van der Waals surface area contributed by atoms with Crippen LogP contribution < -0.4 is 10.6 Å². The van der Waals surface area contributed by atoms with Gasteiger partial charge in [0.2, 0.25) is 0 Å². The number of nitrogens with zero attached hydrogens (tertiary/aromatic N) is 4. The minimum absolute atomic E-state index is 0.669. The second-order valence-corrected chi connectivity index (χ2v) is 5.36. The molecule has 0 amide bonds. The van der Waals surface area contributed by atoms with Crippen molar-refractivity contribution in [3.63, 3.8) is 0 Å². The van der Waals surface area contributed by atoms with Gasteiger partial charge in [0.05, 0.1) is 11.9 Å². The van der Waals surface area contributed by atoms with Gasteiger partial charge in [-0.05, 0) is 18.4 Å². The Morgan fingerprint density at radius 3 is 2.74 bits per heavy atom. The lowest BCUT2D eigenvalue weighted by Crippen LogP contribution is -2.38. The first-order valence-corrected chi connectivity index (χ1v) is 8.06. The van der Waals surface area contributed by atoms with Crippen molar-refractivity contribution in [3.8, 4) is 0 Å². The quantitative estimate of drug-likeness (QED) is 0.596. The predicted molar refractivity (Wildman–Crippen MR) is 90.4 cm³/mol. The summed E-state index contributed by atoms with van der Waals surface area (Å²) in [4.78, 5) is 4.26. The van der Waals surface area contributed by atoms with Gasteiger partial charge in [0.15, 0.2) is 5.96 Å². The highest BCUT2D eigenvalue weighted by Gasteiger charge is 2.13. The molecule has 0 bridgehead atoms. The van der Waals surface area contributed by atoms with Gasteiger partial charge in [-0.25, -0.2) is 0 Å². The molecule has 0 radical (unpaired) electrons. The van der Waals surface area contributed by atoms with Crippen molar-refractivity contribution in [2.24, 2.45) is 12.0 Å². The average Bonchev–Trinajstić information content (AvgIpc) is 3.16. The molecule has 0 aliphatic carbocycles. The molecule has 0 saturated heterocycles. The monoisotopic (exact) mass is 318 g/mol. The molecule has 0 aliphatic heterocycles. The molecule has 0 spiro atoms. The van der Waals surface area contributed by atoms with Crippen molar-refractivity contribution in [1.29, 1.82) is 0 Å². The highest BCUT2D eigenvalue weighted by atomic mass is 16.5. The van der Waals surface area contributed by atoms with Gasteiger partial charge in [-0.2, -0.15) is 5.10 Å². The Bertz CT molecular complexity index is 621. The highest BCUT2D eigenvalue weighted by molar-refractivity contribution is 5.79. The topological polar surface area (TPSA) is 80.3 Å². The van der Waals surface area contributed by atoms with E-state index in [0.717, 1.165) is 48.8 Å². The molecule has 2 heterocycles. The normalized spacial score (nSPS) is 11.7. The van der Waals surface area contributed by atoms with Crippen LogP contribution in [0.5, 0.6) is 0 Å². The Morgan fingerprint density at radius 2 is 2.13 bits per heavy atom. The smallest absolute Gasteiger partial charge is 0.191 e. The fourth-order valence-electron chi connectivity index (χ4n) is 2.46. The van der Waals surface area contributed by atoms with Crippen molar-refractivity contribution < 1.29 is 4.52 Å². The third kappa shape index (κ3) is 4.58. The first kappa shape index (κ1) is 17.1. The van der Waals surface area contributed by atoms with Gasteiger partial charge in [0.1, 0.15) is 5.76 Å². The second-order valence-electron chi connectivity index (χ2n) is 5.36. The third-order valence-electron chi connectivity index (χ3n) is 3.73. The van der Waals surface area contributed by atoms with E-state index in [9.17, 15) is 0 Å². The van der Waals surface area contributed by atoms with E-state index in [1.165, 1.54) is 5.56 Å². The molecule has 0 fully saturated rings. The van der Waals surface area contributed by atoms with Crippen LogP contribution in [-0.2, 0) is 32.9 Å². The summed E-state index contributed by atoms with van der Waals surface area (Å²) in [6.45, 7) is 5.63. The molecule has 0 unspecified atom stereocenters. The maximum absolute atomic E-state index is 5.38. The van der Waals surface area contributed by atoms with Gasteiger partial charge in [-0.3, -0.25) is 9.67 Å². The van der Waals surface area contributed by atoms with E-state index in [2.05, 4.69) is 39.7 Å². The molecule has 126 valence electrons. The van der Waals surface area contributed by atoms with Gasteiger partial charge in [-0.1, -0.05) is 19.0 Å². The van der Waals surface area contributed by atoms with Gasteiger partial charge in [0, 0.05) is 45.4 Å². The van der Waals surface area contributed by atoms with Crippen molar-refractivity contribution in [2.75, 3.05) is 13.6 Å². The van der Waals surface area contributed by atoms with E-state index in [1.54, 1.807) is 7.05 Å². The van der Waals surface area contributed by atoms with Gasteiger partial charge >= 0.3 is 0 Å². The van der Waals surface area contributed by atoms with E-state index in [-0.39, 0.29) is 0 Å². The molecule has 2 N–H and O–H groups in total. The van der Waals surface area contributed by atoms with Crippen LogP contribution in [0.15, 0.2) is 21.9 Å². The second kappa shape index (κ2) is 8.36. The molecular weight excluding hydrogens is 292 g/mol. The summed E-state index contributed by atoms with van der Waals surface area (Å²) in [5.74, 6) is 1.72. The van der Waals surface area contributed by atoms with Crippen LogP contribution in [0.2, 0.25) is 0 Å². The van der Waals surface area contributed by atoms with Crippen LogP contribution >= 0.6 is 0 Å². The van der Waals surface area contributed by atoms with Crippen LogP contribution in [-0.4, -0.2) is 34.5 Å². The van der Waals surface area contributed by atoms with E-state index in [4.69, 9.17) is 4.52 Å². The van der Waals surface area contributed by atoms with E-state index in [1.807, 2.05) is 24.1 Å². The zero-order valence-corrected chi connectivity index (χ0v) is 14.4.